The van der Waals surface area contributed by atoms with Gasteiger partial charge in [0, 0.05) is 23.7 Å². The van der Waals surface area contributed by atoms with Crippen molar-refractivity contribution in [3.63, 3.8) is 0 Å². The highest BCUT2D eigenvalue weighted by molar-refractivity contribution is 6.31. The molecule has 0 radical (unpaired) electrons. The number of hydrogen-bond donors (Lipinski definition) is 1. The minimum absolute atomic E-state index is 0.0269. The second-order valence-electron chi connectivity index (χ2n) is 5.04. The number of aliphatic carboxylic acids is 1. The number of hydrogen-bond acceptors (Lipinski definition) is 2. The van der Waals surface area contributed by atoms with E-state index in [9.17, 15) is 9.59 Å². The summed E-state index contributed by atoms with van der Waals surface area (Å²) in [6.45, 7) is 4.39. The first-order valence-corrected chi connectivity index (χ1v) is 6.56. The van der Waals surface area contributed by atoms with E-state index in [-0.39, 0.29) is 18.4 Å². The zero-order valence-electron chi connectivity index (χ0n) is 10.9. The molecule has 1 fully saturated rings. The maximum absolute atomic E-state index is 12.4. The molecule has 1 heterocycles. The van der Waals surface area contributed by atoms with Crippen LogP contribution in [0.4, 0.5) is 0 Å². The van der Waals surface area contributed by atoms with Crippen molar-refractivity contribution in [1.29, 1.82) is 0 Å². The second-order valence-corrected chi connectivity index (χ2v) is 5.45. The van der Waals surface area contributed by atoms with E-state index in [1.54, 1.807) is 30.0 Å². The number of carbonyl (C=O) groups is 2. The summed E-state index contributed by atoms with van der Waals surface area (Å²) in [5.74, 6) is -1.49. The number of amides is 1. The van der Waals surface area contributed by atoms with Crippen LogP contribution in [-0.2, 0) is 4.79 Å². The van der Waals surface area contributed by atoms with E-state index in [2.05, 4.69) is 0 Å². The van der Waals surface area contributed by atoms with Crippen LogP contribution in [0, 0.1) is 18.8 Å². The van der Waals surface area contributed by atoms with Gasteiger partial charge in [-0.25, -0.2) is 0 Å². The molecule has 1 aromatic carbocycles. The predicted octanol–water partition coefficient (Wildman–Crippen LogP) is 2.44. The van der Waals surface area contributed by atoms with Crippen molar-refractivity contribution in [1.82, 2.24) is 4.90 Å². The average molecular weight is 282 g/mol. The van der Waals surface area contributed by atoms with E-state index in [4.69, 9.17) is 16.7 Å². The summed E-state index contributed by atoms with van der Waals surface area (Å²) in [6.07, 6.45) is 0. The largest absolute Gasteiger partial charge is 0.481 e. The first-order valence-electron chi connectivity index (χ1n) is 6.19. The molecule has 1 saturated heterocycles. The Labute approximate surface area is 117 Å². The fraction of sp³-hybridized carbons (Fsp3) is 0.429. The molecule has 0 aliphatic carbocycles. The molecule has 0 spiro atoms. The van der Waals surface area contributed by atoms with E-state index in [1.807, 2.05) is 6.92 Å². The number of carboxylic acid groups (broad SMARTS) is 1. The lowest BCUT2D eigenvalue weighted by atomic mass is 9.99. The fourth-order valence-electron chi connectivity index (χ4n) is 2.46. The summed E-state index contributed by atoms with van der Waals surface area (Å²) in [6, 6.07) is 5.19. The number of benzene rings is 1. The molecule has 0 aromatic heterocycles. The third-order valence-electron chi connectivity index (χ3n) is 3.71. The van der Waals surface area contributed by atoms with Crippen molar-refractivity contribution < 1.29 is 14.7 Å². The summed E-state index contributed by atoms with van der Waals surface area (Å²) in [5, 5.41) is 9.64. The van der Waals surface area contributed by atoms with Gasteiger partial charge in [0.15, 0.2) is 0 Å². The van der Waals surface area contributed by atoms with E-state index in [1.165, 1.54) is 0 Å². The molecule has 0 saturated carbocycles. The Kier molecular flexibility index (Phi) is 3.80. The Morgan fingerprint density at radius 1 is 1.37 bits per heavy atom. The zero-order valence-corrected chi connectivity index (χ0v) is 11.6. The van der Waals surface area contributed by atoms with Gasteiger partial charge < -0.3 is 10.0 Å². The second kappa shape index (κ2) is 5.21. The third kappa shape index (κ3) is 2.59. The molecule has 1 aliphatic heterocycles. The van der Waals surface area contributed by atoms with Gasteiger partial charge in [0.1, 0.15) is 0 Å². The fourth-order valence-corrected chi connectivity index (χ4v) is 2.64. The first kappa shape index (κ1) is 13.9. The van der Waals surface area contributed by atoms with Gasteiger partial charge >= 0.3 is 5.97 Å². The van der Waals surface area contributed by atoms with Crippen LogP contribution in [-0.4, -0.2) is 35.0 Å². The smallest absolute Gasteiger partial charge is 0.308 e. The average Bonchev–Trinajstić information content (AvgIpc) is 2.74. The van der Waals surface area contributed by atoms with Gasteiger partial charge in [-0.1, -0.05) is 24.6 Å². The number of nitrogens with zero attached hydrogens (tertiary/aromatic N) is 1. The molecule has 19 heavy (non-hydrogen) atoms. The van der Waals surface area contributed by atoms with Crippen molar-refractivity contribution in [2.24, 2.45) is 11.8 Å². The van der Waals surface area contributed by atoms with Crippen LogP contribution in [0.2, 0.25) is 5.02 Å². The number of likely N-dealkylation sites (tertiary alicyclic amines) is 1. The Hall–Kier alpha value is -1.55. The number of rotatable bonds is 2. The van der Waals surface area contributed by atoms with Crippen LogP contribution in [0.5, 0.6) is 0 Å². The van der Waals surface area contributed by atoms with Crippen LogP contribution in [0.3, 0.4) is 0 Å². The van der Waals surface area contributed by atoms with E-state index < -0.39 is 11.9 Å². The van der Waals surface area contributed by atoms with E-state index in [0.717, 1.165) is 5.56 Å². The quantitative estimate of drug-likeness (QED) is 0.906. The van der Waals surface area contributed by atoms with Gasteiger partial charge in [-0.05, 0) is 30.5 Å². The van der Waals surface area contributed by atoms with Crippen molar-refractivity contribution in [3.05, 3.63) is 34.3 Å². The van der Waals surface area contributed by atoms with Crippen LogP contribution in [0.25, 0.3) is 0 Å². The minimum atomic E-state index is -0.842. The lowest BCUT2D eigenvalue weighted by Gasteiger charge is -2.17. The van der Waals surface area contributed by atoms with Gasteiger partial charge in [0.25, 0.3) is 5.91 Å². The highest BCUT2D eigenvalue weighted by Gasteiger charge is 2.37. The molecule has 4 nitrogen and oxygen atoms in total. The maximum atomic E-state index is 12.4. The SMILES string of the molecule is Cc1c(Cl)cccc1C(=O)N1C[C@@H](C)[C@H](C(=O)O)C1. The maximum Gasteiger partial charge on any atom is 0.308 e. The lowest BCUT2D eigenvalue weighted by molar-refractivity contribution is -0.142. The Balaban J connectivity index is 2.22. The molecule has 102 valence electrons. The highest BCUT2D eigenvalue weighted by Crippen LogP contribution is 2.27. The summed E-state index contributed by atoms with van der Waals surface area (Å²) in [4.78, 5) is 25.1. The minimum Gasteiger partial charge on any atom is -0.481 e. The summed E-state index contributed by atoms with van der Waals surface area (Å²) in [5.41, 5.74) is 1.28. The summed E-state index contributed by atoms with van der Waals surface area (Å²) in [7, 11) is 0. The standard InChI is InChI=1S/C14H16ClNO3/c1-8-6-16(7-11(8)14(18)19)13(17)10-4-3-5-12(15)9(10)2/h3-5,8,11H,6-7H2,1-2H3,(H,18,19)/t8-,11-/m1/s1. The van der Waals surface area contributed by atoms with E-state index >= 15 is 0 Å². The molecule has 0 unspecified atom stereocenters. The van der Waals surface area contributed by atoms with Crippen molar-refractivity contribution in [2.75, 3.05) is 13.1 Å². The zero-order chi connectivity index (χ0) is 14.2. The Bertz CT molecular complexity index is 529. The molecule has 2 rings (SSSR count). The number of carbonyl (C=O) groups excluding carboxylic acids is 1. The molecule has 2 atom stereocenters. The third-order valence-corrected chi connectivity index (χ3v) is 4.12. The van der Waals surface area contributed by atoms with Crippen LogP contribution < -0.4 is 0 Å². The van der Waals surface area contributed by atoms with Crippen LogP contribution in [0.15, 0.2) is 18.2 Å². The Morgan fingerprint density at radius 3 is 2.63 bits per heavy atom. The van der Waals surface area contributed by atoms with Gasteiger partial charge in [-0.3, -0.25) is 9.59 Å². The molecule has 1 amide bonds. The van der Waals surface area contributed by atoms with Gasteiger partial charge in [0.2, 0.25) is 0 Å². The lowest BCUT2D eigenvalue weighted by Crippen LogP contribution is -2.30. The molecular weight excluding hydrogens is 266 g/mol. The highest BCUT2D eigenvalue weighted by atomic mass is 35.5. The molecule has 1 aromatic rings. The van der Waals surface area contributed by atoms with Gasteiger partial charge in [-0.15, -0.1) is 0 Å². The Morgan fingerprint density at radius 2 is 2.05 bits per heavy atom. The summed E-state index contributed by atoms with van der Waals surface area (Å²) < 4.78 is 0. The number of halogens is 1. The monoisotopic (exact) mass is 281 g/mol. The molecule has 1 N–H and O–H groups in total. The van der Waals surface area contributed by atoms with Gasteiger partial charge in [-0.2, -0.15) is 0 Å². The predicted molar refractivity (Wildman–Crippen MR) is 72.4 cm³/mol. The number of carboxylic acids is 1. The van der Waals surface area contributed by atoms with Crippen molar-refractivity contribution in [2.45, 2.75) is 13.8 Å². The van der Waals surface area contributed by atoms with Crippen LogP contribution >= 0.6 is 11.6 Å². The molecule has 1 aliphatic rings. The summed E-state index contributed by atoms with van der Waals surface area (Å²) >= 11 is 6.01. The van der Waals surface area contributed by atoms with Crippen molar-refractivity contribution >= 4 is 23.5 Å². The first-order chi connectivity index (χ1) is 8.91. The van der Waals surface area contributed by atoms with Crippen LogP contribution in [0.1, 0.15) is 22.8 Å². The van der Waals surface area contributed by atoms with Gasteiger partial charge in [0.05, 0.1) is 5.92 Å². The molecule has 0 bridgehead atoms. The van der Waals surface area contributed by atoms with Crippen molar-refractivity contribution in [3.8, 4) is 0 Å². The molecular formula is C14H16ClNO3. The van der Waals surface area contributed by atoms with E-state index in [0.29, 0.717) is 17.1 Å². The molecule has 5 heteroatoms. The topological polar surface area (TPSA) is 57.6 Å². The normalized spacial score (nSPS) is 22.6.